The number of carbonyl (C=O) groups is 1. The molecule has 0 aliphatic rings. The number of anilines is 1. The molecule has 0 radical (unpaired) electrons. The van der Waals surface area contributed by atoms with Crippen molar-refractivity contribution in [1.82, 2.24) is 15.5 Å². The minimum absolute atomic E-state index is 0.0278. The molecular weight excluding hydrogens is 264 g/mol. The van der Waals surface area contributed by atoms with Crippen LogP contribution in [0.1, 0.15) is 45.5 Å². The van der Waals surface area contributed by atoms with Gasteiger partial charge in [-0.25, -0.2) is 4.79 Å². The summed E-state index contributed by atoms with van der Waals surface area (Å²) >= 11 is 1.37. The maximum Gasteiger partial charge on any atom is 0.321 e. The van der Waals surface area contributed by atoms with E-state index in [2.05, 4.69) is 20.8 Å². The van der Waals surface area contributed by atoms with Gasteiger partial charge in [0.05, 0.1) is 0 Å². The van der Waals surface area contributed by atoms with Gasteiger partial charge in [-0.3, -0.25) is 5.32 Å². The number of amides is 2. The van der Waals surface area contributed by atoms with Gasteiger partial charge in [0.25, 0.3) is 0 Å². The van der Waals surface area contributed by atoms with Gasteiger partial charge in [-0.1, -0.05) is 39.0 Å². The van der Waals surface area contributed by atoms with Crippen molar-refractivity contribution in [2.45, 2.75) is 52.0 Å². The molecule has 1 aromatic heterocycles. The molecule has 1 atom stereocenters. The van der Waals surface area contributed by atoms with E-state index in [1.165, 1.54) is 11.3 Å². The fourth-order valence-electron chi connectivity index (χ4n) is 1.43. The second-order valence-corrected chi connectivity index (χ2v) is 6.36. The van der Waals surface area contributed by atoms with Crippen molar-refractivity contribution < 1.29 is 9.90 Å². The second-order valence-electron chi connectivity index (χ2n) is 5.38. The predicted octanol–water partition coefficient (Wildman–Crippen LogP) is 2.12. The van der Waals surface area contributed by atoms with Gasteiger partial charge in [0.1, 0.15) is 5.01 Å². The number of hydrogen-bond acceptors (Lipinski definition) is 5. The Morgan fingerprint density at radius 3 is 2.58 bits per heavy atom. The Morgan fingerprint density at radius 1 is 1.42 bits per heavy atom. The van der Waals surface area contributed by atoms with Crippen LogP contribution in [0.2, 0.25) is 0 Å². The van der Waals surface area contributed by atoms with Gasteiger partial charge in [-0.05, 0) is 12.8 Å². The molecule has 1 unspecified atom stereocenters. The molecule has 2 amide bonds. The Balaban J connectivity index is 2.55. The first-order valence-electron chi connectivity index (χ1n) is 6.39. The number of carbonyl (C=O) groups excluding carboxylic acids is 1. The van der Waals surface area contributed by atoms with Crippen LogP contribution in [0.25, 0.3) is 0 Å². The number of nitrogens with zero attached hydrogens (tertiary/aromatic N) is 2. The standard InChI is InChI=1S/C12H22N4O2S/c1-5-8(6-7-17)13-10(18)14-11-16-15-9(19-11)12(2,3)4/h8,17H,5-7H2,1-4H3,(H2,13,14,16,18). The minimum atomic E-state index is -0.308. The van der Waals surface area contributed by atoms with Crippen molar-refractivity contribution in [3.8, 4) is 0 Å². The molecule has 1 rings (SSSR count). The summed E-state index contributed by atoms with van der Waals surface area (Å²) in [6, 6.07) is -0.336. The third-order valence-electron chi connectivity index (χ3n) is 2.59. The zero-order valence-electron chi connectivity index (χ0n) is 11.9. The Labute approximate surface area is 117 Å². The fraction of sp³-hybridized carbons (Fsp3) is 0.750. The molecule has 0 saturated heterocycles. The van der Waals surface area contributed by atoms with Gasteiger partial charge in [-0.15, -0.1) is 10.2 Å². The van der Waals surface area contributed by atoms with E-state index in [4.69, 9.17) is 5.11 Å². The van der Waals surface area contributed by atoms with E-state index in [9.17, 15) is 4.79 Å². The summed E-state index contributed by atoms with van der Waals surface area (Å²) < 4.78 is 0. The number of hydrogen-bond donors (Lipinski definition) is 3. The predicted molar refractivity (Wildman–Crippen MR) is 76.5 cm³/mol. The van der Waals surface area contributed by atoms with Gasteiger partial charge in [0.15, 0.2) is 0 Å². The third kappa shape index (κ3) is 5.12. The number of aliphatic hydroxyl groups is 1. The molecule has 0 aliphatic carbocycles. The minimum Gasteiger partial charge on any atom is -0.396 e. The van der Waals surface area contributed by atoms with Crippen LogP contribution < -0.4 is 10.6 Å². The zero-order valence-corrected chi connectivity index (χ0v) is 12.7. The Kier molecular flexibility index (Phi) is 5.68. The van der Waals surface area contributed by atoms with Crippen molar-refractivity contribution in [3.05, 3.63) is 5.01 Å². The Hall–Kier alpha value is -1.21. The first-order valence-corrected chi connectivity index (χ1v) is 7.20. The highest BCUT2D eigenvalue weighted by atomic mass is 32.1. The molecule has 108 valence electrons. The molecule has 0 bridgehead atoms. The number of aliphatic hydroxyl groups excluding tert-OH is 1. The summed E-state index contributed by atoms with van der Waals surface area (Å²) in [7, 11) is 0. The molecule has 3 N–H and O–H groups in total. The van der Waals surface area contributed by atoms with Crippen LogP contribution in [-0.4, -0.2) is 34.0 Å². The molecule has 6 nitrogen and oxygen atoms in total. The van der Waals surface area contributed by atoms with Gasteiger partial charge in [-0.2, -0.15) is 0 Å². The number of urea groups is 1. The van der Waals surface area contributed by atoms with Gasteiger partial charge < -0.3 is 10.4 Å². The van der Waals surface area contributed by atoms with Crippen LogP contribution in [0.4, 0.5) is 9.93 Å². The van der Waals surface area contributed by atoms with Crippen molar-refractivity contribution in [2.24, 2.45) is 0 Å². The molecule has 0 fully saturated rings. The lowest BCUT2D eigenvalue weighted by molar-refractivity contribution is 0.237. The molecular formula is C12H22N4O2S. The molecule has 0 aliphatic heterocycles. The van der Waals surface area contributed by atoms with Crippen LogP contribution in [-0.2, 0) is 5.41 Å². The molecule has 1 aromatic rings. The molecule has 19 heavy (non-hydrogen) atoms. The maximum absolute atomic E-state index is 11.8. The summed E-state index contributed by atoms with van der Waals surface area (Å²) in [5, 5.41) is 23.7. The topological polar surface area (TPSA) is 87.1 Å². The quantitative estimate of drug-likeness (QED) is 0.773. The lowest BCUT2D eigenvalue weighted by Crippen LogP contribution is -2.38. The van der Waals surface area contributed by atoms with E-state index in [1.807, 2.05) is 27.7 Å². The lowest BCUT2D eigenvalue weighted by atomic mass is 9.98. The molecule has 0 saturated carbocycles. The molecule has 1 heterocycles. The average Bonchev–Trinajstić information content (AvgIpc) is 2.76. The number of aromatic nitrogens is 2. The highest BCUT2D eigenvalue weighted by Crippen LogP contribution is 2.27. The SMILES string of the molecule is CCC(CCO)NC(=O)Nc1nnc(C(C)(C)C)s1. The van der Waals surface area contributed by atoms with Crippen molar-refractivity contribution in [3.63, 3.8) is 0 Å². The van der Waals surface area contributed by atoms with E-state index in [1.54, 1.807) is 0 Å². The third-order valence-corrected chi connectivity index (χ3v) is 3.86. The highest BCUT2D eigenvalue weighted by Gasteiger charge is 2.20. The maximum atomic E-state index is 11.8. The van der Waals surface area contributed by atoms with E-state index in [-0.39, 0.29) is 24.1 Å². The van der Waals surface area contributed by atoms with Crippen molar-refractivity contribution in [1.29, 1.82) is 0 Å². The van der Waals surface area contributed by atoms with Crippen LogP contribution in [0.5, 0.6) is 0 Å². The van der Waals surface area contributed by atoms with E-state index < -0.39 is 0 Å². The first-order chi connectivity index (χ1) is 8.86. The summed E-state index contributed by atoms with van der Waals surface area (Å²) in [6.07, 6.45) is 1.32. The summed E-state index contributed by atoms with van der Waals surface area (Å²) in [4.78, 5) is 11.8. The van der Waals surface area contributed by atoms with Crippen LogP contribution in [0, 0.1) is 0 Å². The molecule has 7 heteroatoms. The zero-order chi connectivity index (χ0) is 14.5. The molecule has 0 spiro atoms. The van der Waals surface area contributed by atoms with E-state index in [0.717, 1.165) is 11.4 Å². The summed E-state index contributed by atoms with van der Waals surface area (Å²) in [6.45, 7) is 8.16. The van der Waals surface area contributed by atoms with Gasteiger partial charge in [0.2, 0.25) is 5.13 Å². The van der Waals surface area contributed by atoms with Crippen molar-refractivity contribution in [2.75, 3.05) is 11.9 Å². The number of rotatable bonds is 5. The average molecular weight is 286 g/mol. The second kappa shape index (κ2) is 6.81. The largest absolute Gasteiger partial charge is 0.396 e. The lowest BCUT2D eigenvalue weighted by Gasteiger charge is -2.15. The monoisotopic (exact) mass is 286 g/mol. The molecule has 0 aromatic carbocycles. The van der Waals surface area contributed by atoms with Crippen LogP contribution in [0.15, 0.2) is 0 Å². The Morgan fingerprint density at radius 2 is 2.11 bits per heavy atom. The summed E-state index contributed by atoms with van der Waals surface area (Å²) in [5.41, 5.74) is -0.0725. The van der Waals surface area contributed by atoms with Crippen molar-refractivity contribution >= 4 is 22.5 Å². The smallest absolute Gasteiger partial charge is 0.321 e. The highest BCUT2D eigenvalue weighted by molar-refractivity contribution is 7.15. The van der Waals surface area contributed by atoms with Crippen LogP contribution >= 0.6 is 11.3 Å². The van der Waals surface area contributed by atoms with E-state index in [0.29, 0.717) is 11.6 Å². The van der Waals surface area contributed by atoms with Gasteiger partial charge >= 0.3 is 6.03 Å². The van der Waals surface area contributed by atoms with E-state index >= 15 is 0 Å². The Bertz CT molecular complexity index is 414. The first kappa shape index (κ1) is 15.8. The van der Waals surface area contributed by atoms with Gasteiger partial charge in [0, 0.05) is 18.1 Å². The summed E-state index contributed by atoms with van der Waals surface area (Å²) in [5.74, 6) is 0. The fourth-order valence-corrected chi connectivity index (χ4v) is 2.23. The normalized spacial score (nSPS) is 13.1. The number of nitrogens with one attached hydrogen (secondary N) is 2. The van der Waals surface area contributed by atoms with Crippen LogP contribution in [0.3, 0.4) is 0 Å².